The number of fused-ring (bicyclic) bond motifs is 13. The molecule has 10 aromatic rings. The summed E-state index contributed by atoms with van der Waals surface area (Å²) in [5.41, 5.74) is 18.5. The molecule has 0 amide bonds. The minimum Gasteiger partial charge on any atom is -0.310 e. The van der Waals surface area contributed by atoms with Crippen LogP contribution in [-0.2, 0) is 5.41 Å². The van der Waals surface area contributed by atoms with E-state index in [4.69, 9.17) is 0 Å². The van der Waals surface area contributed by atoms with E-state index in [0.717, 1.165) is 17.1 Å². The maximum atomic E-state index is 2.55. The number of rotatable bonds is 5. The fourth-order valence-corrected chi connectivity index (χ4v) is 11.1. The van der Waals surface area contributed by atoms with Crippen LogP contribution in [0.3, 0.4) is 0 Å². The molecule has 1 nitrogen and oxygen atoms in total. The van der Waals surface area contributed by atoms with Crippen molar-refractivity contribution < 1.29 is 0 Å². The Balaban J connectivity index is 1.19. The first-order valence-corrected chi connectivity index (χ1v) is 20.5. The number of benzene rings is 9. The van der Waals surface area contributed by atoms with E-state index in [9.17, 15) is 0 Å². The molecule has 1 aromatic heterocycles. The van der Waals surface area contributed by atoms with Gasteiger partial charge in [0.1, 0.15) is 0 Å². The molecule has 0 unspecified atom stereocenters. The van der Waals surface area contributed by atoms with Gasteiger partial charge in [-0.25, -0.2) is 0 Å². The predicted molar refractivity (Wildman–Crippen MR) is 241 cm³/mol. The lowest BCUT2D eigenvalue weighted by molar-refractivity contribution is 0.795. The average molecular weight is 742 g/mol. The molecule has 1 heterocycles. The normalized spacial score (nSPS) is 13.1. The topological polar surface area (TPSA) is 3.24 Å². The molecule has 2 aliphatic rings. The van der Waals surface area contributed by atoms with Crippen LogP contribution in [0, 0.1) is 0 Å². The molecule has 9 aromatic carbocycles. The first kappa shape index (κ1) is 32.3. The van der Waals surface area contributed by atoms with Gasteiger partial charge in [-0.15, -0.1) is 11.3 Å². The lowest BCUT2D eigenvalue weighted by Gasteiger charge is -2.31. The predicted octanol–water partition coefficient (Wildman–Crippen LogP) is 15.2. The zero-order chi connectivity index (χ0) is 37.5. The first-order valence-electron chi connectivity index (χ1n) is 19.7. The van der Waals surface area contributed by atoms with Crippen molar-refractivity contribution in [1.29, 1.82) is 0 Å². The van der Waals surface area contributed by atoms with Gasteiger partial charge in [-0.1, -0.05) is 164 Å². The molecule has 0 aliphatic heterocycles. The zero-order valence-corrected chi connectivity index (χ0v) is 31.9. The van der Waals surface area contributed by atoms with Crippen molar-refractivity contribution in [2.24, 2.45) is 0 Å². The fraction of sp³-hybridized carbons (Fsp3) is 0.0182. The Kier molecular flexibility index (Phi) is 7.08. The van der Waals surface area contributed by atoms with Crippen LogP contribution in [0.15, 0.2) is 212 Å². The number of hydrogen-bond acceptors (Lipinski definition) is 2. The Hall–Kier alpha value is -7.00. The lowest BCUT2D eigenvalue weighted by Crippen LogP contribution is -2.26. The van der Waals surface area contributed by atoms with E-state index in [2.05, 4.69) is 217 Å². The molecular formula is C55H35NS. The Bertz CT molecular complexity index is 3120. The van der Waals surface area contributed by atoms with Gasteiger partial charge in [-0.3, -0.25) is 0 Å². The second-order valence-corrected chi connectivity index (χ2v) is 16.3. The van der Waals surface area contributed by atoms with Crippen molar-refractivity contribution >= 4 is 48.6 Å². The van der Waals surface area contributed by atoms with Gasteiger partial charge in [-0.05, 0) is 115 Å². The number of anilines is 3. The van der Waals surface area contributed by atoms with Crippen molar-refractivity contribution in [3.8, 4) is 44.5 Å². The number of nitrogens with zero attached hydrogens (tertiary/aromatic N) is 1. The minimum atomic E-state index is -0.473. The van der Waals surface area contributed by atoms with Gasteiger partial charge >= 0.3 is 0 Å². The summed E-state index contributed by atoms with van der Waals surface area (Å²) in [5, 5.41) is 2.65. The van der Waals surface area contributed by atoms with Gasteiger partial charge in [-0.2, -0.15) is 0 Å². The van der Waals surface area contributed by atoms with Gasteiger partial charge in [0.2, 0.25) is 0 Å². The van der Waals surface area contributed by atoms with Gasteiger partial charge in [0, 0.05) is 37.2 Å². The molecule has 2 heteroatoms. The average Bonchev–Trinajstić information content (AvgIpc) is 3.91. The molecule has 2 aliphatic carbocycles. The molecule has 0 fully saturated rings. The summed E-state index contributed by atoms with van der Waals surface area (Å²) >= 11 is 1.91. The Morgan fingerprint density at radius 1 is 0.333 bits per heavy atom. The minimum absolute atomic E-state index is 0.473. The molecule has 0 saturated heterocycles. The highest BCUT2D eigenvalue weighted by Crippen LogP contribution is 2.66. The Morgan fingerprint density at radius 3 is 1.56 bits per heavy atom. The van der Waals surface area contributed by atoms with E-state index in [0.29, 0.717) is 0 Å². The second-order valence-electron chi connectivity index (χ2n) is 15.2. The molecule has 266 valence electrons. The van der Waals surface area contributed by atoms with E-state index in [-0.39, 0.29) is 0 Å². The van der Waals surface area contributed by atoms with Crippen molar-refractivity contribution in [2.45, 2.75) is 5.41 Å². The highest BCUT2D eigenvalue weighted by molar-refractivity contribution is 7.26. The third-order valence-corrected chi connectivity index (χ3v) is 13.4. The summed E-state index contributed by atoms with van der Waals surface area (Å²) in [6, 6.07) is 78.6. The van der Waals surface area contributed by atoms with E-state index >= 15 is 0 Å². The summed E-state index contributed by atoms with van der Waals surface area (Å²) in [7, 11) is 0. The van der Waals surface area contributed by atoms with Gasteiger partial charge in [0.25, 0.3) is 0 Å². The Labute approximate surface area is 336 Å². The summed E-state index contributed by atoms with van der Waals surface area (Å²) in [6.45, 7) is 0. The van der Waals surface area contributed by atoms with Crippen molar-refractivity contribution in [3.63, 3.8) is 0 Å². The maximum absolute atomic E-state index is 2.55. The summed E-state index contributed by atoms with van der Waals surface area (Å²) in [5.74, 6) is 0. The van der Waals surface area contributed by atoms with Crippen LogP contribution < -0.4 is 4.90 Å². The van der Waals surface area contributed by atoms with Gasteiger partial charge in [0.05, 0.1) is 5.41 Å². The molecule has 57 heavy (non-hydrogen) atoms. The van der Waals surface area contributed by atoms with E-state index in [1.54, 1.807) is 0 Å². The van der Waals surface area contributed by atoms with Crippen LogP contribution in [0.4, 0.5) is 17.1 Å². The third-order valence-electron chi connectivity index (χ3n) is 12.3. The van der Waals surface area contributed by atoms with Crippen LogP contribution >= 0.6 is 11.3 Å². The second kappa shape index (κ2) is 12.5. The van der Waals surface area contributed by atoms with Crippen LogP contribution in [-0.4, -0.2) is 0 Å². The van der Waals surface area contributed by atoms with Crippen molar-refractivity contribution in [1.82, 2.24) is 0 Å². The zero-order valence-electron chi connectivity index (χ0n) is 31.1. The molecule has 0 saturated carbocycles. The van der Waals surface area contributed by atoms with Crippen LogP contribution in [0.1, 0.15) is 22.3 Å². The first-order chi connectivity index (χ1) is 28.3. The number of hydrogen-bond donors (Lipinski definition) is 0. The SMILES string of the molecule is c1ccc(-c2ccc(N(c3ccccc3)c3ccc4c(c3)-c3c(cc5sc6ccccc6c5c3-c3ccccc3)C43c4ccccc4-c4ccccc43)cc2)cc1. The highest BCUT2D eigenvalue weighted by atomic mass is 32.1. The summed E-state index contributed by atoms with van der Waals surface area (Å²) < 4.78 is 2.64. The summed E-state index contributed by atoms with van der Waals surface area (Å²) in [6.07, 6.45) is 0. The van der Waals surface area contributed by atoms with Crippen LogP contribution in [0.5, 0.6) is 0 Å². The molecule has 1 spiro atoms. The maximum Gasteiger partial charge on any atom is 0.0726 e. The van der Waals surface area contributed by atoms with E-state index in [1.165, 1.54) is 86.9 Å². The lowest BCUT2D eigenvalue weighted by atomic mass is 9.70. The Morgan fingerprint density at radius 2 is 0.860 bits per heavy atom. The van der Waals surface area contributed by atoms with Crippen LogP contribution in [0.2, 0.25) is 0 Å². The molecule has 0 bridgehead atoms. The summed E-state index contributed by atoms with van der Waals surface area (Å²) in [4.78, 5) is 2.41. The molecule has 0 N–H and O–H groups in total. The van der Waals surface area contributed by atoms with E-state index < -0.39 is 5.41 Å². The number of thiophene rings is 1. The van der Waals surface area contributed by atoms with E-state index in [1.807, 2.05) is 11.3 Å². The highest BCUT2D eigenvalue weighted by Gasteiger charge is 2.52. The monoisotopic (exact) mass is 741 g/mol. The van der Waals surface area contributed by atoms with Crippen molar-refractivity contribution in [3.05, 3.63) is 235 Å². The quantitative estimate of drug-likeness (QED) is 0.170. The third kappa shape index (κ3) is 4.62. The van der Waals surface area contributed by atoms with Crippen LogP contribution in [0.25, 0.3) is 64.7 Å². The van der Waals surface area contributed by atoms with Gasteiger partial charge in [0.15, 0.2) is 0 Å². The van der Waals surface area contributed by atoms with Gasteiger partial charge < -0.3 is 4.90 Å². The molecule has 0 radical (unpaired) electrons. The molecule has 12 rings (SSSR count). The largest absolute Gasteiger partial charge is 0.310 e. The molecule has 0 atom stereocenters. The van der Waals surface area contributed by atoms with Crippen molar-refractivity contribution in [2.75, 3.05) is 4.90 Å². The number of para-hydroxylation sites is 1. The molecular weight excluding hydrogens is 707 g/mol. The fourth-order valence-electron chi connectivity index (χ4n) is 9.98. The smallest absolute Gasteiger partial charge is 0.0726 e. The standard InChI is InChI=1S/C55H35NS/c1-4-16-36(17-5-1)37-28-30-40(31-29-37)56(39-20-8-3-9-21-39)41-32-33-48-45(34-41)53-49(55(48)46-25-13-10-22-42(46)43-23-11-14-26-47(43)55)35-51-54(44-24-12-15-27-50(44)57-51)52(53)38-18-6-2-7-19-38/h1-35H.